The van der Waals surface area contributed by atoms with Crippen LogP contribution in [0.15, 0.2) is 47.4 Å². The maximum Gasteiger partial charge on any atom is 0.276 e. The Balaban J connectivity index is 2.44. The van der Waals surface area contributed by atoms with Gasteiger partial charge in [-0.15, -0.1) is 0 Å². The van der Waals surface area contributed by atoms with Crippen molar-refractivity contribution in [3.8, 4) is 0 Å². The average molecular weight is 373 g/mol. The lowest BCUT2D eigenvalue weighted by molar-refractivity contribution is 0.0537. The van der Waals surface area contributed by atoms with Crippen molar-refractivity contribution in [2.45, 2.75) is 4.90 Å². The highest BCUT2D eigenvalue weighted by molar-refractivity contribution is 7.92. The first-order valence-electron chi connectivity index (χ1n) is 6.64. The molecule has 128 valence electrons. The van der Waals surface area contributed by atoms with Crippen LogP contribution in [0.5, 0.6) is 0 Å². The largest absolute Gasteiger partial charge is 0.277 e. The number of sulfonamides is 1. The Morgan fingerprint density at radius 1 is 1.21 bits per heavy atom. The second kappa shape index (κ2) is 7.16. The normalized spacial score (nSPS) is 11.2. The van der Waals surface area contributed by atoms with E-state index in [1.165, 1.54) is 38.4 Å². The third-order valence-electron chi connectivity index (χ3n) is 3.23. The van der Waals surface area contributed by atoms with Gasteiger partial charge in [-0.1, -0.05) is 11.6 Å². The Labute approximate surface area is 143 Å². The quantitative estimate of drug-likeness (QED) is 0.818. The topological polar surface area (TPSA) is 75.7 Å². The predicted octanol–water partition coefficient (Wildman–Crippen LogP) is 2.60. The maximum atomic E-state index is 13.0. The molecule has 1 amide bonds. The van der Waals surface area contributed by atoms with Crippen LogP contribution in [0.3, 0.4) is 0 Å². The van der Waals surface area contributed by atoms with E-state index in [4.69, 9.17) is 11.6 Å². The summed E-state index contributed by atoms with van der Waals surface area (Å²) >= 11 is 5.92. The zero-order chi connectivity index (χ0) is 17.9. The van der Waals surface area contributed by atoms with Crippen LogP contribution in [0.4, 0.5) is 10.1 Å². The molecule has 0 aromatic heterocycles. The second-order valence-corrected chi connectivity index (χ2v) is 7.10. The molecule has 0 fully saturated rings. The molecule has 2 aromatic carbocycles. The van der Waals surface area contributed by atoms with Crippen LogP contribution in [0, 0.1) is 5.82 Å². The van der Waals surface area contributed by atoms with Gasteiger partial charge < -0.3 is 0 Å². The van der Waals surface area contributed by atoms with Crippen molar-refractivity contribution in [2.24, 2.45) is 0 Å². The molecule has 0 saturated heterocycles. The van der Waals surface area contributed by atoms with E-state index < -0.39 is 21.7 Å². The van der Waals surface area contributed by atoms with Gasteiger partial charge in [-0.05, 0) is 42.5 Å². The third kappa shape index (κ3) is 3.66. The van der Waals surface area contributed by atoms with E-state index in [9.17, 15) is 17.6 Å². The number of hydroxylamine groups is 1. The summed E-state index contributed by atoms with van der Waals surface area (Å²) in [5, 5.41) is 0.0768. The van der Waals surface area contributed by atoms with Gasteiger partial charge in [0.25, 0.3) is 15.9 Å². The standard InChI is InChI=1S/C15H14ClFN2O4S/c1-19(11-5-3-10(17)4-6-11)24(21,22)12-7-8-14(16)13(9-12)15(20)18-23-2/h3-9H,1-2H3,(H,18,20). The Kier molecular flexibility index (Phi) is 5.43. The van der Waals surface area contributed by atoms with E-state index in [1.807, 2.05) is 0 Å². The summed E-state index contributed by atoms with van der Waals surface area (Å²) in [6.45, 7) is 0. The zero-order valence-corrected chi connectivity index (χ0v) is 14.4. The van der Waals surface area contributed by atoms with E-state index in [2.05, 4.69) is 10.3 Å². The van der Waals surface area contributed by atoms with Gasteiger partial charge in [-0.25, -0.2) is 18.3 Å². The fourth-order valence-corrected chi connectivity index (χ4v) is 3.36. The first-order chi connectivity index (χ1) is 11.3. The highest BCUT2D eigenvalue weighted by Gasteiger charge is 2.23. The van der Waals surface area contributed by atoms with E-state index in [0.29, 0.717) is 0 Å². The lowest BCUT2D eigenvalue weighted by Gasteiger charge is -2.20. The van der Waals surface area contributed by atoms with Crippen LogP contribution < -0.4 is 9.79 Å². The number of hydrogen-bond donors (Lipinski definition) is 1. The van der Waals surface area contributed by atoms with E-state index in [1.54, 1.807) is 0 Å². The van der Waals surface area contributed by atoms with Gasteiger partial charge in [-0.2, -0.15) is 0 Å². The molecule has 0 unspecified atom stereocenters. The number of carbonyl (C=O) groups excluding carboxylic acids is 1. The van der Waals surface area contributed by atoms with Gasteiger partial charge >= 0.3 is 0 Å². The average Bonchev–Trinajstić information content (AvgIpc) is 2.55. The molecule has 0 bridgehead atoms. The van der Waals surface area contributed by atoms with Gasteiger partial charge in [0.05, 0.1) is 28.3 Å². The molecule has 0 saturated carbocycles. The van der Waals surface area contributed by atoms with Crippen molar-refractivity contribution in [1.29, 1.82) is 0 Å². The van der Waals surface area contributed by atoms with Crippen molar-refractivity contribution in [3.05, 3.63) is 58.9 Å². The van der Waals surface area contributed by atoms with Crippen molar-refractivity contribution >= 4 is 33.2 Å². The summed E-state index contributed by atoms with van der Waals surface area (Å²) in [6, 6.07) is 8.70. The first kappa shape index (κ1) is 18.2. The third-order valence-corrected chi connectivity index (χ3v) is 5.34. The molecule has 0 aliphatic rings. The lowest BCUT2D eigenvalue weighted by atomic mass is 10.2. The van der Waals surface area contributed by atoms with Crippen LogP contribution in [0.1, 0.15) is 10.4 Å². The lowest BCUT2D eigenvalue weighted by Crippen LogP contribution is -2.27. The SMILES string of the molecule is CONC(=O)c1cc(S(=O)(=O)N(C)c2ccc(F)cc2)ccc1Cl. The van der Waals surface area contributed by atoms with Gasteiger partial charge in [0.15, 0.2) is 0 Å². The molecule has 0 aliphatic carbocycles. The Hall–Kier alpha value is -2.16. The van der Waals surface area contributed by atoms with Gasteiger partial charge in [-0.3, -0.25) is 13.9 Å². The molecule has 0 heterocycles. The Morgan fingerprint density at radius 2 is 1.83 bits per heavy atom. The van der Waals surface area contributed by atoms with Gasteiger partial charge in [0.2, 0.25) is 0 Å². The Morgan fingerprint density at radius 3 is 2.42 bits per heavy atom. The van der Waals surface area contributed by atoms with Crippen molar-refractivity contribution in [1.82, 2.24) is 5.48 Å². The molecule has 0 aliphatic heterocycles. The minimum atomic E-state index is -3.96. The summed E-state index contributed by atoms with van der Waals surface area (Å²) in [5.74, 6) is -1.15. The van der Waals surface area contributed by atoms with Crippen LogP contribution in [-0.4, -0.2) is 28.5 Å². The molecule has 24 heavy (non-hydrogen) atoms. The van der Waals surface area contributed by atoms with Crippen LogP contribution in [0.25, 0.3) is 0 Å². The molecular weight excluding hydrogens is 359 g/mol. The predicted molar refractivity (Wildman–Crippen MR) is 87.9 cm³/mol. The van der Waals surface area contributed by atoms with E-state index >= 15 is 0 Å². The molecule has 0 atom stereocenters. The molecule has 9 heteroatoms. The number of amides is 1. The van der Waals surface area contributed by atoms with Gasteiger partial charge in [0.1, 0.15) is 5.82 Å². The molecule has 0 radical (unpaired) electrons. The number of benzene rings is 2. The van der Waals surface area contributed by atoms with Crippen LogP contribution >= 0.6 is 11.6 Å². The summed E-state index contributed by atoms with van der Waals surface area (Å²) in [6.07, 6.45) is 0. The molecule has 2 rings (SSSR count). The van der Waals surface area contributed by atoms with Gasteiger partial charge in [0, 0.05) is 7.05 Å². The minimum Gasteiger partial charge on any atom is -0.277 e. The molecule has 2 aromatic rings. The summed E-state index contributed by atoms with van der Waals surface area (Å²) in [7, 11) is -1.39. The number of rotatable bonds is 5. The van der Waals surface area contributed by atoms with Crippen LogP contribution in [-0.2, 0) is 14.9 Å². The van der Waals surface area contributed by atoms with E-state index in [-0.39, 0.29) is 21.2 Å². The van der Waals surface area contributed by atoms with Crippen molar-refractivity contribution < 1.29 is 22.4 Å². The number of carbonyl (C=O) groups is 1. The number of nitrogens with one attached hydrogen (secondary N) is 1. The minimum absolute atomic E-state index is 0.0490. The second-order valence-electron chi connectivity index (χ2n) is 4.73. The number of halogens is 2. The monoisotopic (exact) mass is 372 g/mol. The van der Waals surface area contributed by atoms with Crippen LogP contribution in [0.2, 0.25) is 5.02 Å². The highest BCUT2D eigenvalue weighted by atomic mass is 35.5. The van der Waals surface area contributed by atoms with E-state index in [0.717, 1.165) is 22.5 Å². The van der Waals surface area contributed by atoms with Crippen molar-refractivity contribution in [3.63, 3.8) is 0 Å². The number of nitrogens with zero attached hydrogens (tertiary/aromatic N) is 1. The smallest absolute Gasteiger partial charge is 0.276 e. The van der Waals surface area contributed by atoms with Crippen molar-refractivity contribution in [2.75, 3.05) is 18.5 Å². The zero-order valence-electron chi connectivity index (χ0n) is 12.8. The summed E-state index contributed by atoms with van der Waals surface area (Å²) in [5.41, 5.74) is 2.30. The fourth-order valence-electron chi connectivity index (χ4n) is 1.93. The fraction of sp³-hybridized carbons (Fsp3) is 0.133. The molecular formula is C15H14ClFN2O4S. The maximum absolute atomic E-state index is 13.0. The number of anilines is 1. The molecule has 6 nitrogen and oxygen atoms in total. The summed E-state index contributed by atoms with van der Waals surface area (Å²) < 4.78 is 39.3. The number of hydrogen-bond acceptors (Lipinski definition) is 4. The Bertz CT molecular complexity index is 856. The first-order valence-corrected chi connectivity index (χ1v) is 8.46. The highest BCUT2D eigenvalue weighted by Crippen LogP contribution is 2.25. The molecule has 0 spiro atoms. The summed E-state index contributed by atoms with van der Waals surface area (Å²) in [4.78, 5) is 16.2. The molecule has 1 N–H and O–H groups in total.